The highest BCUT2D eigenvalue weighted by Gasteiger charge is 2.17. The van der Waals surface area contributed by atoms with E-state index in [0.29, 0.717) is 17.7 Å². The molecule has 0 unspecified atom stereocenters. The number of Topliss-reactive ketones (excluding diaryl/α,β-unsaturated/α-hetero) is 1. The van der Waals surface area contributed by atoms with E-state index in [1.807, 2.05) is 37.5 Å². The number of esters is 1. The van der Waals surface area contributed by atoms with Crippen molar-refractivity contribution < 1.29 is 19.1 Å². The molecule has 1 aromatic heterocycles. The number of aryl methyl sites for hydroxylation is 2. The number of ether oxygens (including phenoxy) is 1. The highest BCUT2D eigenvalue weighted by molar-refractivity contribution is 5.99. The number of hydrogen-bond donors (Lipinski definition) is 1. The first-order chi connectivity index (χ1) is 13.3. The van der Waals surface area contributed by atoms with Crippen LogP contribution in [0.5, 0.6) is 0 Å². The summed E-state index contributed by atoms with van der Waals surface area (Å²) in [7, 11) is 0. The number of rotatable bonds is 9. The summed E-state index contributed by atoms with van der Waals surface area (Å²) >= 11 is 0. The van der Waals surface area contributed by atoms with E-state index < -0.39 is 5.97 Å². The van der Waals surface area contributed by atoms with Crippen LogP contribution in [0.1, 0.15) is 44.1 Å². The maximum absolute atomic E-state index is 12.4. The van der Waals surface area contributed by atoms with E-state index in [1.165, 1.54) is 0 Å². The number of carbonyl (C=O) groups excluding carboxylic acids is 3. The summed E-state index contributed by atoms with van der Waals surface area (Å²) in [5.74, 6) is -1.02. The van der Waals surface area contributed by atoms with Crippen molar-refractivity contribution in [1.29, 1.82) is 0 Å². The van der Waals surface area contributed by atoms with Gasteiger partial charge < -0.3 is 14.6 Å². The van der Waals surface area contributed by atoms with Crippen LogP contribution in [0, 0.1) is 20.8 Å². The predicted octanol–water partition coefficient (Wildman–Crippen LogP) is 3.15. The summed E-state index contributed by atoms with van der Waals surface area (Å²) in [6, 6.07) is 9.01. The molecule has 1 heterocycles. The van der Waals surface area contributed by atoms with Crippen LogP contribution < -0.4 is 5.32 Å². The smallest absolute Gasteiger partial charge is 0.308 e. The van der Waals surface area contributed by atoms with Crippen LogP contribution in [0.4, 0.5) is 0 Å². The summed E-state index contributed by atoms with van der Waals surface area (Å²) in [5.41, 5.74) is 3.75. The minimum atomic E-state index is -0.529. The second-order valence-electron chi connectivity index (χ2n) is 6.59. The lowest BCUT2D eigenvalue weighted by Crippen LogP contribution is -2.27. The number of hydrogen-bond acceptors (Lipinski definition) is 4. The highest BCUT2D eigenvalue weighted by atomic mass is 16.5. The largest absolute Gasteiger partial charge is 0.457 e. The van der Waals surface area contributed by atoms with Crippen molar-refractivity contribution in [3.63, 3.8) is 0 Å². The standard InChI is InChI=1S/C22H26N2O4/c1-5-12-24-16(3)13-19(17(24)4)20(25)14-28-21(26)10-11-23-22(27)18-9-7-6-8-15(18)2/h5-9,13H,1,10-12,14H2,2-4H3,(H,23,27). The van der Waals surface area contributed by atoms with Crippen LogP contribution in [0.3, 0.4) is 0 Å². The van der Waals surface area contributed by atoms with Gasteiger partial charge >= 0.3 is 5.97 Å². The Hall–Kier alpha value is -3.15. The van der Waals surface area contributed by atoms with Crippen LogP contribution >= 0.6 is 0 Å². The number of allylic oxidation sites excluding steroid dienone is 1. The number of ketones is 1. The van der Waals surface area contributed by atoms with Gasteiger partial charge in [0.2, 0.25) is 5.78 Å². The van der Waals surface area contributed by atoms with Crippen molar-refractivity contribution in [3.05, 3.63) is 71.1 Å². The van der Waals surface area contributed by atoms with E-state index in [0.717, 1.165) is 17.0 Å². The van der Waals surface area contributed by atoms with E-state index in [-0.39, 0.29) is 31.3 Å². The van der Waals surface area contributed by atoms with Crippen molar-refractivity contribution in [2.75, 3.05) is 13.2 Å². The van der Waals surface area contributed by atoms with Crippen molar-refractivity contribution >= 4 is 17.7 Å². The maximum Gasteiger partial charge on any atom is 0.308 e. The second-order valence-corrected chi connectivity index (χ2v) is 6.59. The molecular formula is C22H26N2O4. The van der Waals surface area contributed by atoms with Crippen molar-refractivity contribution in [1.82, 2.24) is 9.88 Å². The molecule has 6 heteroatoms. The molecule has 0 radical (unpaired) electrons. The third-order valence-corrected chi connectivity index (χ3v) is 4.55. The summed E-state index contributed by atoms with van der Waals surface area (Å²) in [4.78, 5) is 36.3. The number of carbonyl (C=O) groups is 3. The second kappa shape index (κ2) is 9.69. The highest BCUT2D eigenvalue weighted by Crippen LogP contribution is 2.16. The molecule has 0 aliphatic heterocycles. The SMILES string of the molecule is C=CCn1c(C)cc(C(=O)COC(=O)CCNC(=O)c2ccccc2C)c1C. The van der Waals surface area contributed by atoms with Crippen molar-refractivity contribution in [2.24, 2.45) is 0 Å². The Morgan fingerprint density at radius 2 is 1.86 bits per heavy atom. The number of nitrogens with one attached hydrogen (secondary N) is 1. The Morgan fingerprint density at radius 1 is 1.14 bits per heavy atom. The van der Waals surface area contributed by atoms with Gasteiger partial charge in [-0.15, -0.1) is 6.58 Å². The first kappa shape index (κ1) is 21.2. The molecule has 0 saturated heterocycles. The maximum atomic E-state index is 12.4. The zero-order valence-corrected chi connectivity index (χ0v) is 16.6. The molecular weight excluding hydrogens is 356 g/mol. The van der Waals surface area contributed by atoms with Gasteiger partial charge in [0.15, 0.2) is 6.61 Å². The fourth-order valence-corrected chi connectivity index (χ4v) is 2.99. The average Bonchev–Trinajstić information content (AvgIpc) is 2.95. The topological polar surface area (TPSA) is 77.4 Å². The van der Waals surface area contributed by atoms with Gasteiger partial charge in [0.25, 0.3) is 5.91 Å². The molecule has 2 rings (SSSR count). The molecule has 0 aliphatic rings. The summed E-state index contributed by atoms with van der Waals surface area (Å²) in [6.07, 6.45) is 1.76. The zero-order chi connectivity index (χ0) is 20.7. The zero-order valence-electron chi connectivity index (χ0n) is 16.6. The summed E-state index contributed by atoms with van der Waals surface area (Å²) in [5, 5.41) is 2.69. The molecule has 1 amide bonds. The van der Waals surface area contributed by atoms with Crippen LogP contribution in [0.15, 0.2) is 43.0 Å². The van der Waals surface area contributed by atoms with Gasteiger partial charge in [-0.1, -0.05) is 24.3 Å². The molecule has 28 heavy (non-hydrogen) atoms. The molecule has 0 atom stereocenters. The van der Waals surface area contributed by atoms with Gasteiger partial charge in [-0.3, -0.25) is 14.4 Å². The quantitative estimate of drug-likeness (QED) is 0.411. The lowest BCUT2D eigenvalue weighted by atomic mass is 10.1. The number of benzene rings is 1. The first-order valence-corrected chi connectivity index (χ1v) is 9.15. The van der Waals surface area contributed by atoms with Gasteiger partial charge in [0.05, 0.1) is 6.42 Å². The normalized spacial score (nSPS) is 10.4. The van der Waals surface area contributed by atoms with Gasteiger partial charge in [-0.25, -0.2) is 0 Å². The Labute approximate surface area is 165 Å². The Balaban J connectivity index is 1.80. The van der Waals surface area contributed by atoms with E-state index in [1.54, 1.807) is 24.3 Å². The van der Waals surface area contributed by atoms with E-state index in [2.05, 4.69) is 11.9 Å². The monoisotopic (exact) mass is 382 g/mol. The Kier molecular flexibility index (Phi) is 7.32. The molecule has 1 aromatic carbocycles. The molecule has 6 nitrogen and oxygen atoms in total. The molecule has 148 valence electrons. The molecule has 0 spiro atoms. The lowest BCUT2D eigenvalue weighted by Gasteiger charge is -2.08. The molecule has 0 bridgehead atoms. The van der Waals surface area contributed by atoms with Gasteiger partial charge in [-0.2, -0.15) is 0 Å². The van der Waals surface area contributed by atoms with Gasteiger partial charge in [0.1, 0.15) is 0 Å². The fourth-order valence-electron chi connectivity index (χ4n) is 2.99. The minimum absolute atomic E-state index is 0.000384. The van der Waals surface area contributed by atoms with Crippen LogP contribution in [-0.4, -0.2) is 35.4 Å². The van der Waals surface area contributed by atoms with E-state index in [9.17, 15) is 14.4 Å². The summed E-state index contributed by atoms with van der Waals surface area (Å²) < 4.78 is 7.04. The first-order valence-electron chi connectivity index (χ1n) is 9.15. The van der Waals surface area contributed by atoms with Crippen LogP contribution in [-0.2, 0) is 16.1 Å². The Morgan fingerprint density at radius 3 is 2.54 bits per heavy atom. The third kappa shape index (κ3) is 5.19. The van der Waals surface area contributed by atoms with E-state index >= 15 is 0 Å². The predicted molar refractivity (Wildman–Crippen MR) is 108 cm³/mol. The summed E-state index contributed by atoms with van der Waals surface area (Å²) in [6.45, 7) is 9.77. The number of nitrogens with zero attached hydrogens (tertiary/aromatic N) is 1. The van der Waals surface area contributed by atoms with Gasteiger partial charge in [-0.05, 0) is 38.5 Å². The van der Waals surface area contributed by atoms with E-state index in [4.69, 9.17) is 4.74 Å². The van der Waals surface area contributed by atoms with Crippen LogP contribution in [0.25, 0.3) is 0 Å². The van der Waals surface area contributed by atoms with Crippen molar-refractivity contribution in [3.8, 4) is 0 Å². The number of aromatic nitrogens is 1. The average molecular weight is 382 g/mol. The molecule has 0 fully saturated rings. The fraction of sp³-hybridized carbons (Fsp3) is 0.318. The third-order valence-electron chi connectivity index (χ3n) is 4.55. The lowest BCUT2D eigenvalue weighted by molar-refractivity contribution is -0.142. The minimum Gasteiger partial charge on any atom is -0.457 e. The number of amides is 1. The van der Waals surface area contributed by atoms with Gasteiger partial charge in [0, 0.05) is 35.6 Å². The molecule has 2 aromatic rings. The van der Waals surface area contributed by atoms with Crippen LogP contribution in [0.2, 0.25) is 0 Å². The molecule has 0 aliphatic carbocycles. The Bertz CT molecular complexity index is 896. The van der Waals surface area contributed by atoms with Crippen molar-refractivity contribution in [2.45, 2.75) is 33.7 Å². The molecule has 1 N–H and O–H groups in total. The molecule has 0 saturated carbocycles.